The summed E-state index contributed by atoms with van der Waals surface area (Å²) in [7, 11) is 0. The molecule has 1 atom stereocenters. The van der Waals surface area contributed by atoms with Crippen LogP contribution in [0.3, 0.4) is 0 Å². The monoisotopic (exact) mass is 246 g/mol. The van der Waals surface area contributed by atoms with E-state index in [1.165, 1.54) is 0 Å². The Hall–Kier alpha value is -1.79. The molecule has 7 nitrogen and oxygen atoms in total. The van der Waals surface area contributed by atoms with Gasteiger partial charge in [0.1, 0.15) is 6.04 Å². The first-order valence-electron chi connectivity index (χ1n) is 5.21. The van der Waals surface area contributed by atoms with Crippen molar-refractivity contribution in [3.63, 3.8) is 0 Å². The van der Waals surface area contributed by atoms with Gasteiger partial charge in [-0.3, -0.25) is 4.79 Å². The van der Waals surface area contributed by atoms with E-state index in [-0.39, 0.29) is 0 Å². The highest BCUT2D eigenvalue weighted by Gasteiger charge is 2.25. The molecular weight excluding hydrogens is 228 g/mol. The van der Waals surface area contributed by atoms with Crippen molar-refractivity contribution in [2.45, 2.75) is 45.2 Å². The summed E-state index contributed by atoms with van der Waals surface area (Å²) in [6.07, 6.45) is 0.00634. The molecule has 0 aromatic rings. The molecule has 0 fully saturated rings. The van der Waals surface area contributed by atoms with Crippen LogP contribution in [0.2, 0.25) is 0 Å². The Balaban J connectivity index is 4.41. The number of aliphatic carboxylic acids is 2. The molecule has 17 heavy (non-hydrogen) atoms. The number of carboxylic acid groups (broad SMARTS) is 2. The van der Waals surface area contributed by atoms with E-state index >= 15 is 0 Å². The molecule has 4 N–H and O–H groups in total. The van der Waals surface area contributed by atoms with Crippen molar-refractivity contribution in [2.24, 2.45) is 0 Å². The summed E-state index contributed by atoms with van der Waals surface area (Å²) in [5, 5.41) is 21.9. The van der Waals surface area contributed by atoms with Crippen molar-refractivity contribution in [3.8, 4) is 0 Å². The van der Waals surface area contributed by atoms with Crippen LogP contribution in [0.1, 0.15) is 33.6 Å². The SMILES string of the molecule is CCC(C)(C)NC(=O)N[C@@H](CC(=O)O)C(=O)O. The van der Waals surface area contributed by atoms with Crippen LogP contribution < -0.4 is 10.6 Å². The molecule has 0 aromatic carbocycles. The average molecular weight is 246 g/mol. The topological polar surface area (TPSA) is 116 Å². The number of carboxylic acids is 2. The lowest BCUT2D eigenvalue weighted by atomic mass is 10.0. The van der Waals surface area contributed by atoms with Crippen molar-refractivity contribution in [1.29, 1.82) is 0 Å². The van der Waals surface area contributed by atoms with Crippen LogP contribution >= 0.6 is 0 Å². The van der Waals surface area contributed by atoms with Gasteiger partial charge in [0.15, 0.2) is 0 Å². The molecule has 0 aliphatic rings. The van der Waals surface area contributed by atoms with Crippen LogP contribution in [0.15, 0.2) is 0 Å². The number of hydrogen-bond acceptors (Lipinski definition) is 3. The number of amides is 2. The minimum Gasteiger partial charge on any atom is -0.481 e. The van der Waals surface area contributed by atoms with Gasteiger partial charge in [-0.2, -0.15) is 0 Å². The molecule has 0 unspecified atom stereocenters. The van der Waals surface area contributed by atoms with Gasteiger partial charge >= 0.3 is 18.0 Å². The molecule has 0 heterocycles. The van der Waals surface area contributed by atoms with Crippen LogP contribution in [-0.2, 0) is 9.59 Å². The summed E-state index contributed by atoms with van der Waals surface area (Å²) < 4.78 is 0. The summed E-state index contributed by atoms with van der Waals surface area (Å²) in [6.45, 7) is 5.42. The van der Waals surface area contributed by atoms with Gasteiger partial charge in [-0.15, -0.1) is 0 Å². The van der Waals surface area contributed by atoms with Crippen molar-refractivity contribution in [1.82, 2.24) is 10.6 Å². The third-order valence-corrected chi connectivity index (χ3v) is 2.32. The maximum absolute atomic E-state index is 11.4. The maximum atomic E-state index is 11.4. The van der Waals surface area contributed by atoms with Crippen molar-refractivity contribution >= 4 is 18.0 Å². The number of rotatable bonds is 6. The third kappa shape index (κ3) is 6.39. The first-order chi connectivity index (χ1) is 7.68. The van der Waals surface area contributed by atoms with Gasteiger partial charge in [0.05, 0.1) is 6.42 Å². The fraction of sp³-hybridized carbons (Fsp3) is 0.700. The molecule has 0 radical (unpaired) electrons. The fourth-order valence-electron chi connectivity index (χ4n) is 0.965. The van der Waals surface area contributed by atoms with Gasteiger partial charge in [-0.05, 0) is 20.3 Å². The second-order valence-electron chi connectivity index (χ2n) is 4.32. The quantitative estimate of drug-likeness (QED) is 0.541. The molecule has 98 valence electrons. The van der Waals surface area contributed by atoms with Crippen LogP contribution in [0.5, 0.6) is 0 Å². The van der Waals surface area contributed by atoms with Crippen LogP contribution in [0.4, 0.5) is 4.79 Å². The zero-order valence-corrected chi connectivity index (χ0v) is 10.1. The number of carbonyl (C=O) groups is 3. The highest BCUT2D eigenvalue weighted by molar-refractivity contribution is 5.86. The number of urea groups is 1. The Bertz CT molecular complexity index is 314. The predicted molar refractivity (Wildman–Crippen MR) is 59.7 cm³/mol. The van der Waals surface area contributed by atoms with Crippen molar-refractivity contribution in [3.05, 3.63) is 0 Å². The lowest BCUT2D eigenvalue weighted by Crippen LogP contribution is -2.53. The van der Waals surface area contributed by atoms with E-state index in [1.54, 1.807) is 13.8 Å². The lowest BCUT2D eigenvalue weighted by Gasteiger charge is -2.25. The molecule has 0 bridgehead atoms. The summed E-state index contributed by atoms with van der Waals surface area (Å²) in [5.41, 5.74) is -0.476. The molecule has 2 amide bonds. The van der Waals surface area contributed by atoms with Gasteiger partial charge in [-0.1, -0.05) is 6.92 Å². The smallest absolute Gasteiger partial charge is 0.326 e. The summed E-state index contributed by atoms with van der Waals surface area (Å²) in [5.74, 6) is -2.66. The zero-order chi connectivity index (χ0) is 13.6. The van der Waals surface area contributed by atoms with Crippen LogP contribution in [-0.4, -0.2) is 39.8 Å². The lowest BCUT2D eigenvalue weighted by molar-refractivity contribution is -0.145. The average Bonchev–Trinajstić information content (AvgIpc) is 2.15. The van der Waals surface area contributed by atoms with E-state index in [2.05, 4.69) is 10.6 Å². The first kappa shape index (κ1) is 15.2. The molecular formula is C10H18N2O5. The Morgan fingerprint density at radius 1 is 1.24 bits per heavy atom. The maximum Gasteiger partial charge on any atom is 0.326 e. The van der Waals surface area contributed by atoms with Gasteiger partial charge in [0.25, 0.3) is 0 Å². The van der Waals surface area contributed by atoms with E-state index in [4.69, 9.17) is 10.2 Å². The molecule has 0 aliphatic carbocycles. The Morgan fingerprint density at radius 3 is 2.12 bits per heavy atom. The molecule has 0 rings (SSSR count). The first-order valence-corrected chi connectivity index (χ1v) is 5.21. The fourth-order valence-corrected chi connectivity index (χ4v) is 0.965. The van der Waals surface area contributed by atoms with Gasteiger partial charge in [0.2, 0.25) is 0 Å². The standard InChI is InChI=1S/C10H18N2O5/c1-4-10(2,3)12-9(17)11-6(8(15)16)5-7(13)14/h6H,4-5H2,1-3H3,(H,13,14)(H,15,16)(H2,11,12,17)/t6-/m0/s1. The van der Waals surface area contributed by atoms with Crippen molar-refractivity contribution < 1.29 is 24.6 Å². The molecule has 0 saturated carbocycles. The summed E-state index contributed by atoms with van der Waals surface area (Å²) >= 11 is 0. The number of hydrogen-bond donors (Lipinski definition) is 4. The molecule has 0 aromatic heterocycles. The Labute approximate surface area is 99.2 Å². The van der Waals surface area contributed by atoms with Crippen LogP contribution in [0.25, 0.3) is 0 Å². The normalized spacial score (nSPS) is 12.6. The molecule has 0 spiro atoms. The Morgan fingerprint density at radius 2 is 1.76 bits per heavy atom. The van der Waals surface area contributed by atoms with E-state index in [9.17, 15) is 14.4 Å². The van der Waals surface area contributed by atoms with E-state index in [1.807, 2.05) is 6.92 Å². The Kier molecular flexibility index (Phi) is 5.43. The second-order valence-corrected chi connectivity index (χ2v) is 4.32. The zero-order valence-electron chi connectivity index (χ0n) is 10.1. The summed E-state index contributed by atoms with van der Waals surface area (Å²) in [4.78, 5) is 32.5. The number of nitrogens with one attached hydrogen (secondary N) is 2. The minimum atomic E-state index is -1.43. The molecule has 0 saturated heterocycles. The summed E-state index contributed by atoms with van der Waals surface area (Å²) in [6, 6.07) is -2.12. The highest BCUT2D eigenvalue weighted by atomic mass is 16.4. The minimum absolute atomic E-state index is 0.476. The van der Waals surface area contributed by atoms with E-state index in [0.29, 0.717) is 6.42 Å². The van der Waals surface area contributed by atoms with E-state index < -0.39 is 36.0 Å². The second kappa shape index (κ2) is 6.07. The van der Waals surface area contributed by atoms with E-state index in [0.717, 1.165) is 0 Å². The van der Waals surface area contributed by atoms with Crippen molar-refractivity contribution in [2.75, 3.05) is 0 Å². The molecule has 0 aliphatic heterocycles. The highest BCUT2D eigenvalue weighted by Crippen LogP contribution is 2.06. The van der Waals surface area contributed by atoms with Gasteiger partial charge in [-0.25, -0.2) is 9.59 Å². The van der Waals surface area contributed by atoms with Crippen LogP contribution in [0, 0.1) is 0 Å². The molecule has 7 heteroatoms. The third-order valence-electron chi connectivity index (χ3n) is 2.32. The largest absolute Gasteiger partial charge is 0.481 e. The predicted octanol–water partition coefficient (Wildman–Crippen LogP) is 0.402. The van der Waals surface area contributed by atoms with Gasteiger partial charge < -0.3 is 20.8 Å². The number of carbonyl (C=O) groups excluding carboxylic acids is 1. The van der Waals surface area contributed by atoms with Gasteiger partial charge in [0, 0.05) is 5.54 Å².